The van der Waals surface area contributed by atoms with Crippen LogP contribution in [0.2, 0.25) is 0 Å². The van der Waals surface area contributed by atoms with E-state index in [4.69, 9.17) is 0 Å². The topological polar surface area (TPSA) is 12.0 Å². The predicted molar refractivity (Wildman–Crippen MR) is 72.3 cm³/mol. The molecule has 0 radical (unpaired) electrons. The highest BCUT2D eigenvalue weighted by Gasteiger charge is 1.93. The summed E-state index contributed by atoms with van der Waals surface area (Å²) in [5.74, 6) is 0. The first-order valence-electron chi connectivity index (χ1n) is 5.62. The van der Waals surface area contributed by atoms with Gasteiger partial charge in [-0.3, -0.25) is 0 Å². The van der Waals surface area contributed by atoms with Crippen LogP contribution in [0.15, 0.2) is 43.0 Å². The molecule has 1 aliphatic heterocycles. The number of rotatable bonds is 2. The summed E-state index contributed by atoms with van der Waals surface area (Å²) in [6.07, 6.45) is 13.7. The Balaban J connectivity index is 0.000000272. The van der Waals surface area contributed by atoms with Gasteiger partial charge in [0.25, 0.3) is 0 Å². The summed E-state index contributed by atoms with van der Waals surface area (Å²) >= 11 is 0. The van der Waals surface area contributed by atoms with Gasteiger partial charge >= 0.3 is 0 Å². The van der Waals surface area contributed by atoms with E-state index in [1.165, 1.54) is 31.5 Å². The molecule has 0 spiro atoms. The first-order valence-corrected chi connectivity index (χ1v) is 5.62. The lowest BCUT2D eigenvalue weighted by molar-refractivity contribution is 0.857. The minimum atomic E-state index is 0.973. The molecule has 1 heteroatoms. The molecule has 1 saturated heterocycles. The van der Waals surface area contributed by atoms with Crippen LogP contribution in [0.1, 0.15) is 18.4 Å². The zero-order chi connectivity index (χ0) is 12.1. The minimum absolute atomic E-state index is 0.973. The zero-order valence-electron chi connectivity index (χ0n) is 9.86. The third-order valence-corrected chi connectivity index (χ3v) is 2.18. The van der Waals surface area contributed by atoms with Crippen LogP contribution in [0.25, 0.3) is 0 Å². The summed E-state index contributed by atoms with van der Waals surface area (Å²) in [6.45, 7) is 6.16. The first-order chi connectivity index (χ1) is 7.93. The molecular weight excluding hydrogens is 194 g/mol. The largest absolute Gasteiger partial charge is 0.317 e. The van der Waals surface area contributed by atoms with Crippen molar-refractivity contribution in [3.05, 3.63) is 48.6 Å². The van der Waals surface area contributed by atoms with Crippen molar-refractivity contribution < 1.29 is 0 Å². The van der Waals surface area contributed by atoms with Crippen molar-refractivity contribution in [2.24, 2.45) is 0 Å². The Morgan fingerprint density at radius 2 is 1.69 bits per heavy atom. The Kier molecular flexibility index (Phi) is 10.5. The Bertz CT molecular complexity index is 262. The average molecular weight is 215 g/mol. The van der Waals surface area contributed by atoms with Gasteiger partial charge in [-0.25, -0.2) is 0 Å². The molecule has 0 aromatic heterocycles. The summed E-state index contributed by atoms with van der Waals surface area (Å²) in [5, 5.41) is 3.22. The van der Waals surface area contributed by atoms with Crippen molar-refractivity contribution in [1.29, 1.82) is 0 Å². The average Bonchev–Trinajstić information content (AvgIpc) is 2.92. The molecule has 86 valence electrons. The van der Waals surface area contributed by atoms with Gasteiger partial charge in [0, 0.05) is 0 Å². The van der Waals surface area contributed by atoms with Crippen molar-refractivity contribution in [2.45, 2.75) is 19.3 Å². The summed E-state index contributed by atoms with van der Waals surface area (Å²) in [6, 6.07) is 10.3. The maximum absolute atomic E-state index is 4.00. The Morgan fingerprint density at radius 1 is 1.12 bits per heavy atom. The number of benzene rings is 1. The predicted octanol–water partition coefficient (Wildman–Crippen LogP) is 3.03. The normalized spacial score (nSPS) is 12.6. The minimum Gasteiger partial charge on any atom is -0.317 e. The highest BCUT2D eigenvalue weighted by atomic mass is 14.9. The summed E-state index contributed by atoms with van der Waals surface area (Å²) < 4.78 is 0. The molecule has 0 amide bonds. The van der Waals surface area contributed by atoms with Gasteiger partial charge in [0.2, 0.25) is 0 Å². The maximum atomic E-state index is 4.00. The Labute approximate surface area is 99.6 Å². The smallest absolute Gasteiger partial charge is 0.00484 e. The quantitative estimate of drug-likeness (QED) is 0.590. The molecule has 0 bridgehead atoms. The van der Waals surface area contributed by atoms with Gasteiger partial charge in [0.15, 0.2) is 0 Å². The van der Waals surface area contributed by atoms with E-state index in [0.717, 1.165) is 6.42 Å². The molecule has 2 rings (SSSR count). The van der Waals surface area contributed by atoms with E-state index in [1.807, 2.05) is 24.3 Å². The Morgan fingerprint density at radius 3 is 2.06 bits per heavy atom. The van der Waals surface area contributed by atoms with Crippen molar-refractivity contribution in [1.82, 2.24) is 5.32 Å². The van der Waals surface area contributed by atoms with E-state index >= 15 is 0 Å². The van der Waals surface area contributed by atoms with E-state index < -0.39 is 0 Å². The third kappa shape index (κ3) is 7.84. The molecule has 1 nitrogen and oxygen atoms in total. The van der Waals surface area contributed by atoms with Crippen LogP contribution >= 0.6 is 0 Å². The highest BCUT2D eigenvalue weighted by Crippen LogP contribution is 1.98. The van der Waals surface area contributed by atoms with Crippen LogP contribution in [0.5, 0.6) is 0 Å². The molecule has 0 atom stereocenters. The van der Waals surface area contributed by atoms with Crippen molar-refractivity contribution in [2.75, 3.05) is 13.1 Å². The van der Waals surface area contributed by atoms with E-state index in [-0.39, 0.29) is 0 Å². The molecule has 1 aliphatic rings. The molecule has 0 saturated carbocycles. The van der Waals surface area contributed by atoms with Crippen LogP contribution in [-0.2, 0) is 6.42 Å². The standard InChI is InChI=1S/C9H10.C4H9N.C2H2/c1-2-6-9-7-4-3-5-8-9;1-2-4-5-3-1;1-2/h2-5,7-8H,1,6H2;5H,1-4H2;1-2H. The van der Waals surface area contributed by atoms with E-state index in [0.29, 0.717) is 0 Å². The monoisotopic (exact) mass is 215 g/mol. The van der Waals surface area contributed by atoms with Gasteiger partial charge in [-0.1, -0.05) is 36.4 Å². The van der Waals surface area contributed by atoms with Gasteiger partial charge in [0.1, 0.15) is 0 Å². The maximum Gasteiger partial charge on any atom is -0.00484 e. The van der Waals surface area contributed by atoms with E-state index in [1.54, 1.807) is 0 Å². The molecule has 1 N–H and O–H groups in total. The molecule has 1 aromatic rings. The lowest BCUT2D eigenvalue weighted by Crippen LogP contribution is -2.03. The van der Waals surface area contributed by atoms with E-state index in [2.05, 4.69) is 36.9 Å². The van der Waals surface area contributed by atoms with Gasteiger partial charge < -0.3 is 5.32 Å². The van der Waals surface area contributed by atoms with Crippen molar-refractivity contribution in [3.63, 3.8) is 0 Å². The molecule has 1 aromatic carbocycles. The molecule has 1 fully saturated rings. The first kappa shape index (κ1) is 14.5. The SMILES string of the molecule is C#C.C1CCNC1.C=CCc1ccccc1. The fourth-order valence-corrected chi connectivity index (χ4v) is 1.41. The second kappa shape index (κ2) is 11.6. The van der Waals surface area contributed by atoms with Crippen LogP contribution in [0, 0.1) is 12.8 Å². The molecule has 16 heavy (non-hydrogen) atoms. The van der Waals surface area contributed by atoms with Crippen LogP contribution in [-0.4, -0.2) is 13.1 Å². The molecular formula is C15H21N. The second-order valence-corrected chi connectivity index (χ2v) is 3.44. The van der Waals surface area contributed by atoms with Crippen LogP contribution in [0.4, 0.5) is 0 Å². The highest BCUT2D eigenvalue weighted by molar-refractivity contribution is 5.16. The number of hydrogen-bond acceptors (Lipinski definition) is 1. The van der Waals surface area contributed by atoms with Gasteiger partial charge in [0.05, 0.1) is 0 Å². The van der Waals surface area contributed by atoms with Crippen LogP contribution in [0.3, 0.4) is 0 Å². The Hall–Kier alpha value is -1.52. The van der Waals surface area contributed by atoms with Crippen molar-refractivity contribution >= 4 is 0 Å². The van der Waals surface area contributed by atoms with Crippen LogP contribution < -0.4 is 5.32 Å². The fraction of sp³-hybridized carbons (Fsp3) is 0.333. The summed E-state index contributed by atoms with van der Waals surface area (Å²) in [4.78, 5) is 0. The van der Waals surface area contributed by atoms with E-state index in [9.17, 15) is 0 Å². The fourth-order valence-electron chi connectivity index (χ4n) is 1.41. The third-order valence-electron chi connectivity index (χ3n) is 2.18. The lowest BCUT2D eigenvalue weighted by Gasteiger charge is -1.91. The number of hydrogen-bond donors (Lipinski definition) is 1. The number of nitrogens with one attached hydrogen (secondary N) is 1. The second-order valence-electron chi connectivity index (χ2n) is 3.44. The molecule has 0 unspecified atom stereocenters. The van der Waals surface area contributed by atoms with Crippen molar-refractivity contribution in [3.8, 4) is 12.8 Å². The zero-order valence-corrected chi connectivity index (χ0v) is 9.86. The van der Waals surface area contributed by atoms with Gasteiger partial charge in [-0.05, 0) is 37.9 Å². The summed E-state index contributed by atoms with van der Waals surface area (Å²) in [5.41, 5.74) is 1.33. The van der Waals surface area contributed by atoms with Gasteiger partial charge in [-0.2, -0.15) is 0 Å². The number of allylic oxidation sites excluding steroid dienone is 1. The molecule has 0 aliphatic carbocycles. The summed E-state index contributed by atoms with van der Waals surface area (Å²) in [7, 11) is 0. The molecule has 1 heterocycles. The number of terminal acetylenes is 1. The lowest BCUT2D eigenvalue weighted by atomic mass is 10.2. The van der Waals surface area contributed by atoms with Gasteiger partial charge in [-0.15, -0.1) is 19.4 Å².